The number of nitrogens with zero attached hydrogens (tertiary/aromatic N) is 2. The zero-order chi connectivity index (χ0) is 17.6. The Morgan fingerprint density at radius 1 is 1.08 bits per heavy atom. The molecule has 1 unspecified atom stereocenters. The molecule has 1 amide bonds. The van der Waals surface area contributed by atoms with Crippen LogP contribution in [-0.2, 0) is 14.8 Å². The zero-order valence-electron chi connectivity index (χ0n) is 15.2. The highest BCUT2D eigenvalue weighted by Gasteiger charge is 2.38. The van der Waals surface area contributed by atoms with E-state index in [2.05, 4.69) is 12.2 Å². The van der Waals surface area contributed by atoms with Crippen LogP contribution in [0.25, 0.3) is 0 Å². The van der Waals surface area contributed by atoms with Crippen LogP contribution in [0.15, 0.2) is 0 Å². The number of amides is 1. The van der Waals surface area contributed by atoms with Crippen molar-refractivity contribution in [1.82, 2.24) is 14.5 Å². The van der Waals surface area contributed by atoms with Gasteiger partial charge in [0, 0.05) is 19.6 Å². The summed E-state index contributed by atoms with van der Waals surface area (Å²) in [6.07, 6.45) is 5.07. The predicted octanol–water partition coefficient (Wildman–Crippen LogP) is 1.43. The number of nitrogens with one attached hydrogen (secondary N) is 1. The van der Waals surface area contributed by atoms with Crippen LogP contribution in [0.3, 0.4) is 0 Å². The largest absolute Gasteiger partial charge is 0.341 e. The minimum absolute atomic E-state index is 0.0243. The van der Waals surface area contributed by atoms with Crippen molar-refractivity contribution in [2.75, 3.05) is 38.5 Å². The molecule has 0 radical (unpaired) electrons. The van der Waals surface area contributed by atoms with Gasteiger partial charge in [0.05, 0.1) is 5.75 Å². The molecule has 2 aliphatic rings. The third-order valence-corrected chi connectivity index (χ3v) is 7.24. The summed E-state index contributed by atoms with van der Waals surface area (Å²) < 4.78 is 26.5. The summed E-state index contributed by atoms with van der Waals surface area (Å²) >= 11 is 0. The van der Waals surface area contributed by atoms with Crippen molar-refractivity contribution < 1.29 is 13.2 Å². The topological polar surface area (TPSA) is 69.7 Å². The van der Waals surface area contributed by atoms with Gasteiger partial charge in [-0.2, -0.15) is 4.31 Å². The molecule has 2 heterocycles. The maximum absolute atomic E-state index is 12.9. The molecule has 2 fully saturated rings. The fraction of sp³-hybridized carbons (Fsp3) is 0.941. The Hall–Kier alpha value is -0.660. The van der Waals surface area contributed by atoms with Gasteiger partial charge in [0.15, 0.2) is 0 Å². The summed E-state index contributed by atoms with van der Waals surface area (Å²) in [7, 11) is -3.31. The smallest absolute Gasteiger partial charge is 0.241 e. The van der Waals surface area contributed by atoms with E-state index in [0.29, 0.717) is 25.3 Å². The van der Waals surface area contributed by atoms with Crippen LogP contribution in [-0.4, -0.2) is 68.0 Å². The first kappa shape index (κ1) is 19.7. The zero-order valence-corrected chi connectivity index (χ0v) is 16.0. The number of piperidine rings is 2. The van der Waals surface area contributed by atoms with E-state index in [-0.39, 0.29) is 11.7 Å². The number of sulfonamides is 1. The lowest BCUT2D eigenvalue weighted by Crippen LogP contribution is -2.55. The molecule has 140 valence electrons. The fourth-order valence-corrected chi connectivity index (χ4v) is 5.52. The molecule has 2 rings (SSSR count). The number of likely N-dealkylation sites (tertiary alicyclic amines) is 1. The first-order valence-corrected chi connectivity index (χ1v) is 11.1. The average molecular weight is 360 g/mol. The fourth-order valence-electron chi connectivity index (χ4n) is 3.78. The van der Waals surface area contributed by atoms with Gasteiger partial charge in [0.25, 0.3) is 0 Å². The van der Waals surface area contributed by atoms with Crippen molar-refractivity contribution >= 4 is 15.9 Å². The van der Waals surface area contributed by atoms with E-state index in [4.69, 9.17) is 0 Å². The molecule has 1 atom stereocenters. The van der Waals surface area contributed by atoms with Gasteiger partial charge in [-0.25, -0.2) is 8.42 Å². The Bertz CT molecular complexity index is 501. The van der Waals surface area contributed by atoms with Gasteiger partial charge in [-0.3, -0.25) is 4.79 Å². The summed E-state index contributed by atoms with van der Waals surface area (Å²) in [4.78, 5) is 14.8. The number of rotatable bonds is 7. The molecule has 0 aliphatic carbocycles. The highest BCUT2D eigenvalue weighted by Crippen LogP contribution is 2.25. The molecule has 1 N–H and O–H groups in total. The van der Waals surface area contributed by atoms with Crippen LogP contribution in [0.2, 0.25) is 0 Å². The van der Waals surface area contributed by atoms with Crippen molar-refractivity contribution in [3.63, 3.8) is 0 Å². The first-order valence-electron chi connectivity index (χ1n) is 9.48. The van der Waals surface area contributed by atoms with Crippen LogP contribution in [0.4, 0.5) is 0 Å². The highest BCUT2D eigenvalue weighted by molar-refractivity contribution is 7.89. The van der Waals surface area contributed by atoms with Crippen LogP contribution < -0.4 is 5.32 Å². The van der Waals surface area contributed by atoms with Gasteiger partial charge < -0.3 is 10.2 Å². The van der Waals surface area contributed by atoms with Crippen LogP contribution >= 0.6 is 0 Å². The van der Waals surface area contributed by atoms with E-state index in [1.54, 1.807) is 0 Å². The monoisotopic (exact) mass is 359 g/mol. The third kappa shape index (κ3) is 4.92. The summed E-state index contributed by atoms with van der Waals surface area (Å²) in [5.41, 5.74) is 0. The van der Waals surface area contributed by atoms with E-state index in [1.807, 2.05) is 11.8 Å². The molecule has 0 bridgehead atoms. The average Bonchev–Trinajstić information content (AvgIpc) is 2.60. The van der Waals surface area contributed by atoms with Gasteiger partial charge in [0.2, 0.25) is 15.9 Å². The SMILES string of the molecule is CCCS(=O)(=O)N1CCCCC1C(=O)N1CCC(CNCC)CC1. The first-order chi connectivity index (χ1) is 11.5. The molecular weight excluding hydrogens is 326 g/mol. The molecule has 24 heavy (non-hydrogen) atoms. The molecule has 0 aromatic rings. The van der Waals surface area contributed by atoms with E-state index in [0.717, 1.165) is 51.9 Å². The number of carbonyl (C=O) groups excluding carboxylic acids is 1. The highest BCUT2D eigenvalue weighted by atomic mass is 32.2. The Labute approximate surface area is 147 Å². The van der Waals surface area contributed by atoms with E-state index >= 15 is 0 Å². The van der Waals surface area contributed by atoms with Crippen molar-refractivity contribution in [2.45, 2.75) is 58.4 Å². The molecule has 2 aliphatic heterocycles. The summed E-state index contributed by atoms with van der Waals surface area (Å²) in [6, 6.07) is -0.472. The molecule has 0 aromatic heterocycles. The van der Waals surface area contributed by atoms with Crippen molar-refractivity contribution in [3.8, 4) is 0 Å². The number of hydrogen-bond donors (Lipinski definition) is 1. The maximum Gasteiger partial charge on any atom is 0.241 e. The second-order valence-electron chi connectivity index (χ2n) is 7.01. The van der Waals surface area contributed by atoms with Gasteiger partial charge in [-0.15, -0.1) is 0 Å². The Morgan fingerprint density at radius 3 is 2.42 bits per heavy atom. The predicted molar refractivity (Wildman–Crippen MR) is 96.3 cm³/mol. The van der Waals surface area contributed by atoms with E-state index in [1.165, 1.54) is 4.31 Å². The van der Waals surface area contributed by atoms with E-state index in [9.17, 15) is 13.2 Å². The molecule has 6 nitrogen and oxygen atoms in total. The van der Waals surface area contributed by atoms with Crippen molar-refractivity contribution in [3.05, 3.63) is 0 Å². The lowest BCUT2D eigenvalue weighted by Gasteiger charge is -2.39. The van der Waals surface area contributed by atoms with Crippen molar-refractivity contribution in [2.24, 2.45) is 5.92 Å². The maximum atomic E-state index is 12.9. The van der Waals surface area contributed by atoms with Crippen molar-refractivity contribution in [1.29, 1.82) is 0 Å². The molecule has 2 saturated heterocycles. The molecule has 0 saturated carbocycles. The van der Waals surface area contributed by atoms with Gasteiger partial charge in [0.1, 0.15) is 6.04 Å². The second-order valence-corrected chi connectivity index (χ2v) is 9.06. The van der Waals surface area contributed by atoms with Crippen LogP contribution in [0.5, 0.6) is 0 Å². The van der Waals surface area contributed by atoms with Gasteiger partial charge >= 0.3 is 0 Å². The Kier molecular flexibility index (Phi) is 7.50. The normalized spacial score (nSPS) is 24.2. The molecule has 0 spiro atoms. The molecule has 7 heteroatoms. The van der Waals surface area contributed by atoms with Gasteiger partial charge in [-0.1, -0.05) is 20.3 Å². The summed E-state index contributed by atoms with van der Waals surface area (Å²) in [6.45, 7) is 7.97. The quantitative estimate of drug-likeness (QED) is 0.746. The third-order valence-electron chi connectivity index (χ3n) is 5.17. The minimum atomic E-state index is -3.31. The molecular formula is C17H33N3O3S. The lowest BCUT2D eigenvalue weighted by molar-refractivity contribution is -0.137. The Balaban J connectivity index is 1.97. The van der Waals surface area contributed by atoms with Gasteiger partial charge in [-0.05, 0) is 51.1 Å². The minimum Gasteiger partial charge on any atom is -0.341 e. The van der Waals surface area contributed by atoms with E-state index < -0.39 is 16.1 Å². The standard InChI is InChI=1S/C17H33N3O3S/c1-3-13-24(22,23)20-10-6-5-7-16(20)17(21)19-11-8-15(9-12-19)14-18-4-2/h15-16,18H,3-14H2,1-2H3. The van der Waals surface area contributed by atoms with Crippen LogP contribution in [0, 0.1) is 5.92 Å². The second kappa shape index (κ2) is 9.15. The lowest BCUT2D eigenvalue weighted by atomic mass is 9.95. The molecule has 0 aromatic carbocycles. The van der Waals surface area contributed by atoms with Crippen LogP contribution in [0.1, 0.15) is 52.4 Å². The number of hydrogen-bond acceptors (Lipinski definition) is 4. The summed E-state index contributed by atoms with van der Waals surface area (Å²) in [5, 5.41) is 3.38. The number of carbonyl (C=O) groups is 1. The Morgan fingerprint density at radius 2 is 1.79 bits per heavy atom. The summed E-state index contributed by atoms with van der Waals surface area (Å²) in [5.74, 6) is 0.790.